The van der Waals surface area contributed by atoms with E-state index in [1.165, 1.54) is 7.11 Å². The number of aromatic nitrogens is 1. The largest absolute Gasteiger partial charge is 0.465 e. The van der Waals surface area contributed by atoms with Gasteiger partial charge in [-0.25, -0.2) is 9.78 Å². The number of aryl methyl sites for hydroxylation is 1. The first-order valence-corrected chi connectivity index (χ1v) is 9.42. The quantitative estimate of drug-likeness (QED) is 0.638. The van der Waals surface area contributed by atoms with Crippen LogP contribution in [0, 0.1) is 6.92 Å². The van der Waals surface area contributed by atoms with Gasteiger partial charge in [0.25, 0.3) is 5.91 Å². The van der Waals surface area contributed by atoms with Crippen molar-refractivity contribution in [2.75, 3.05) is 26.0 Å². The van der Waals surface area contributed by atoms with Crippen LogP contribution in [-0.4, -0.2) is 37.6 Å². The molecule has 2 aromatic carbocycles. The summed E-state index contributed by atoms with van der Waals surface area (Å²) >= 11 is 1.65. The highest BCUT2D eigenvalue weighted by Crippen LogP contribution is 2.21. The van der Waals surface area contributed by atoms with E-state index in [0.29, 0.717) is 24.3 Å². The van der Waals surface area contributed by atoms with E-state index in [2.05, 4.69) is 16.4 Å². The zero-order chi connectivity index (χ0) is 19.4. The van der Waals surface area contributed by atoms with E-state index in [9.17, 15) is 9.59 Å². The molecule has 0 fully saturated rings. The number of amides is 1. The Morgan fingerprint density at radius 2 is 2.00 bits per heavy atom. The Morgan fingerprint density at radius 3 is 2.74 bits per heavy atom. The number of ether oxygens (including phenoxy) is 1. The number of hydrogen-bond acceptors (Lipinski definition) is 5. The van der Waals surface area contributed by atoms with Crippen molar-refractivity contribution in [3.63, 3.8) is 0 Å². The molecule has 1 amide bonds. The number of fused-ring (bicyclic) bond motifs is 1. The highest BCUT2D eigenvalue weighted by Gasteiger charge is 2.15. The van der Waals surface area contributed by atoms with Gasteiger partial charge in [-0.2, -0.15) is 0 Å². The number of nitrogens with one attached hydrogen (secondary N) is 2. The summed E-state index contributed by atoms with van der Waals surface area (Å²) in [4.78, 5) is 29.7. The van der Waals surface area contributed by atoms with E-state index in [4.69, 9.17) is 4.74 Å². The van der Waals surface area contributed by atoms with Crippen LogP contribution in [0.2, 0.25) is 0 Å². The summed E-state index contributed by atoms with van der Waals surface area (Å²) < 4.78 is 5.88. The van der Waals surface area contributed by atoms with E-state index in [1.54, 1.807) is 29.5 Å². The molecule has 0 bridgehead atoms. The van der Waals surface area contributed by atoms with Crippen LogP contribution in [0.4, 0.5) is 5.69 Å². The SMILES string of the molecule is COC(=O)c1ccc(C)c(NC(=O)C[NH+](C)Cc2nc3ccccc3s2)c1. The molecule has 7 heteroatoms. The highest BCUT2D eigenvalue weighted by atomic mass is 32.1. The summed E-state index contributed by atoms with van der Waals surface area (Å²) in [6.45, 7) is 2.86. The minimum atomic E-state index is -0.427. The Kier molecular flexibility index (Phi) is 5.83. The number of likely N-dealkylation sites (N-methyl/N-ethyl adjacent to an activating group) is 1. The Balaban J connectivity index is 1.62. The van der Waals surface area contributed by atoms with Crippen molar-refractivity contribution >= 4 is 39.1 Å². The number of rotatable bonds is 6. The first-order chi connectivity index (χ1) is 13.0. The Hall–Kier alpha value is -2.77. The number of nitrogens with zero attached hydrogens (tertiary/aromatic N) is 1. The molecule has 2 N–H and O–H groups in total. The van der Waals surface area contributed by atoms with Gasteiger partial charge in [-0.3, -0.25) is 4.79 Å². The third-order valence-electron chi connectivity index (χ3n) is 4.19. The number of carbonyl (C=O) groups excluding carboxylic acids is 2. The Bertz CT molecular complexity index is 951. The van der Waals surface area contributed by atoms with Gasteiger partial charge in [0.15, 0.2) is 6.54 Å². The zero-order valence-electron chi connectivity index (χ0n) is 15.5. The number of methoxy groups -OCH3 is 1. The molecule has 0 saturated carbocycles. The van der Waals surface area contributed by atoms with E-state index in [0.717, 1.165) is 25.7 Å². The van der Waals surface area contributed by atoms with Crippen molar-refractivity contribution in [3.8, 4) is 0 Å². The van der Waals surface area contributed by atoms with Crippen LogP contribution in [0.15, 0.2) is 42.5 Å². The molecule has 0 spiro atoms. The molecule has 27 heavy (non-hydrogen) atoms. The molecule has 6 nitrogen and oxygen atoms in total. The second-order valence-corrected chi connectivity index (χ2v) is 7.57. The minimum Gasteiger partial charge on any atom is -0.465 e. The number of hydrogen-bond donors (Lipinski definition) is 2. The molecule has 0 aliphatic rings. The summed E-state index contributed by atoms with van der Waals surface area (Å²) in [7, 11) is 3.30. The van der Waals surface area contributed by atoms with Gasteiger partial charge in [-0.15, -0.1) is 11.3 Å². The van der Waals surface area contributed by atoms with Crippen LogP contribution in [0.5, 0.6) is 0 Å². The predicted molar refractivity (Wildman–Crippen MR) is 106 cm³/mol. The summed E-state index contributed by atoms with van der Waals surface area (Å²) in [6, 6.07) is 13.1. The number of para-hydroxylation sites is 1. The molecule has 1 unspecified atom stereocenters. The topological polar surface area (TPSA) is 72.7 Å². The van der Waals surface area contributed by atoms with Gasteiger partial charge >= 0.3 is 5.97 Å². The van der Waals surface area contributed by atoms with Crippen molar-refractivity contribution in [2.24, 2.45) is 0 Å². The van der Waals surface area contributed by atoms with Gasteiger partial charge in [0.1, 0.15) is 11.6 Å². The number of benzene rings is 2. The molecular weight excluding hydrogens is 362 g/mol. The Labute approximate surface area is 161 Å². The van der Waals surface area contributed by atoms with Gasteiger partial charge in [-0.05, 0) is 36.8 Å². The van der Waals surface area contributed by atoms with Crippen LogP contribution in [-0.2, 0) is 16.1 Å². The summed E-state index contributed by atoms with van der Waals surface area (Å²) in [5.41, 5.74) is 2.91. The second kappa shape index (κ2) is 8.28. The van der Waals surface area contributed by atoms with E-state index in [1.807, 2.05) is 32.2 Å². The maximum absolute atomic E-state index is 12.4. The molecule has 3 rings (SSSR count). The summed E-state index contributed by atoms with van der Waals surface area (Å²) in [6.07, 6.45) is 0. The molecule has 140 valence electrons. The standard InChI is InChI=1S/C20H21N3O3S/c1-13-8-9-14(20(25)26-3)10-16(13)21-18(24)11-23(2)12-19-22-15-6-4-5-7-17(15)27-19/h4-10H,11-12H2,1-3H3,(H,21,24)/p+1. The third kappa shape index (κ3) is 4.69. The van der Waals surface area contributed by atoms with Crippen LogP contribution in [0.25, 0.3) is 10.2 Å². The molecule has 0 radical (unpaired) electrons. The van der Waals surface area contributed by atoms with Crippen molar-refractivity contribution in [1.82, 2.24) is 4.98 Å². The van der Waals surface area contributed by atoms with Gasteiger partial charge in [0.05, 0.1) is 29.9 Å². The van der Waals surface area contributed by atoms with Crippen LogP contribution >= 0.6 is 11.3 Å². The lowest BCUT2D eigenvalue weighted by Gasteiger charge is -2.14. The average Bonchev–Trinajstić information content (AvgIpc) is 3.04. The van der Waals surface area contributed by atoms with Crippen LogP contribution in [0.3, 0.4) is 0 Å². The highest BCUT2D eigenvalue weighted by molar-refractivity contribution is 7.18. The molecule has 1 aromatic heterocycles. The number of quaternary nitrogens is 1. The predicted octanol–water partition coefficient (Wildman–Crippen LogP) is 2.04. The van der Waals surface area contributed by atoms with E-state index in [-0.39, 0.29) is 5.91 Å². The van der Waals surface area contributed by atoms with Crippen molar-refractivity contribution < 1.29 is 19.2 Å². The number of carbonyl (C=O) groups is 2. The van der Waals surface area contributed by atoms with Crippen molar-refractivity contribution in [1.29, 1.82) is 0 Å². The fourth-order valence-corrected chi connectivity index (χ4v) is 3.87. The zero-order valence-corrected chi connectivity index (χ0v) is 16.4. The Morgan fingerprint density at radius 1 is 1.22 bits per heavy atom. The molecule has 0 aliphatic carbocycles. The number of esters is 1. The molecule has 0 saturated heterocycles. The summed E-state index contributed by atoms with van der Waals surface area (Å²) in [5.74, 6) is -0.539. The van der Waals surface area contributed by atoms with Crippen molar-refractivity contribution in [2.45, 2.75) is 13.5 Å². The van der Waals surface area contributed by atoms with Crippen molar-refractivity contribution in [3.05, 3.63) is 58.6 Å². The van der Waals surface area contributed by atoms with Gasteiger partial charge in [0, 0.05) is 5.69 Å². The lowest BCUT2D eigenvalue weighted by atomic mass is 10.1. The van der Waals surface area contributed by atoms with Crippen LogP contribution in [0.1, 0.15) is 20.9 Å². The molecule has 1 atom stereocenters. The average molecular weight is 384 g/mol. The molecular formula is C20H22N3O3S+. The minimum absolute atomic E-state index is 0.112. The van der Waals surface area contributed by atoms with Gasteiger partial charge < -0.3 is 15.0 Å². The lowest BCUT2D eigenvalue weighted by molar-refractivity contribution is -0.885. The van der Waals surface area contributed by atoms with E-state index >= 15 is 0 Å². The maximum atomic E-state index is 12.4. The third-order valence-corrected chi connectivity index (χ3v) is 5.22. The number of anilines is 1. The van der Waals surface area contributed by atoms with Gasteiger partial charge in [-0.1, -0.05) is 18.2 Å². The summed E-state index contributed by atoms with van der Waals surface area (Å²) in [5, 5.41) is 3.89. The fourth-order valence-electron chi connectivity index (χ4n) is 2.79. The molecule has 3 aromatic rings. The monoisotopic (exact) mass is 384 g/mol. The normalized spacial score (nSPS) is 12.0. The smallest absolute Gasteiger partial charge is 0.337 e. The van der Waals surface area contributed by atoms with E-state index < -0.39 is 5.97 Å². The lowest BCUT2D eigenvalue weighted by Crippen LogP contribution is -3.08. The second-order valence-electron chi connectivity index (χ2n) is 6.46. The first kappa shape index (κ1) is 19.0. The molecule has 1 heterocycles. The van der Waals surface area contributed by atoms with Crippen LogP contribution < -0.4 is 10.2 Å². The molecule has 0 aliphatic heterocycles. The fraction of sp³-hybridized carbons (Fsp3) is 0.250. The maximum Gasteiger partial charge on any atom is 0.337 e. The number of thiazole rings is 1. The first-order valence-electron chi connectivity index (χ1n) is 8.61. The van der Waals surface area contributed by atoms with Gasteiger partial charge in [0.2, 0.25) is 0 Å².